The number of allylic oxidation sites excluding steroid dienone is 1. The van der Waals surface area contributed by atoms with E-state index < -0.39 is 0 Å². The molecule has 0 aromatic carbocycles. The Morgan fingerprint density at radius 1 is 1.16 bits per heavy atom. The van der Waals surface area contributed by atoms with E-state index in [0.717, 1.165) is 29.1 Å². The van der Waals surface area contributed by atoms with Crippen molar-refractivity contribution in [2.75, 3.05) is 0 Å². The number of ether oxygens (including phenoxy) is 1. The molecule has 1 heteroatoms. The summed E-state index contributed by atoms with van der Waals surface area (Å²) in [4.78, 5) is 0. The summed E-state index contributed by atoms with van der Waals surface area (Å²) in [5, 5.41) is 0. The van der Waals surface area contributed by atoms with E-state index in [9.17, 15) is 0 Å². The van der Waals surface area contributed by atoms with Crippen LogP contribution in [0, 0.1) is 29.1 Å². The van der Waals surface area contributed by atoms with Crippen molar-refractivity contribution in [2.24, 2.45) is 29.1 Å². The fourth-order valence-electron chi connectivity index (χ4n) is 6.51. The number of hydrogen-bond acceptors (Lipinski definition) is 1. The van der Waals surface area contributed by atoms with Gasteiger partial charge in [0.25, 0.3) is 0 Å². The van der Waals surface area contributed by atoms with Crippen molar-refractivity contribution in [3.8, 4) is 0 Å². The predicted molar refractivity (Wildman–Crippen MR) is 75.7 cm³/mol. The van der Waals surface area contributed by atoms with Gasteiger partial charge < -0.3 is 4.74 Å². The minimum atomic E-state index is 0.531. The Labute approximate surface area is 116 Å². The first-order valence-corrected chi connectivity index (χ1v) is 8.61. The molecule has 1 saturated heterocycles. The summed E-state index contributed by atoms with van der Waals surface area (Å²) in [6.07, 6.45) is 15.5. The lowest BCUT2D eigenvalue weighted by Gasteiger charge is -2.52. The number of epoxide rings is 1. The molecule has 19 heavy (non-hydrogen) atoms. The third-order valence-corrected chi connectivity index (χ3v) is 7.52. The van der Waals surface area contributed by atoms with E-state index in [4.69, 9.17) is 4.74 Å². The SMILES string of the molecule is C[C@@]12CCC[C@H]1[C@@H]1CCC3=CC4OC4C[C@H]3[C@H]1CC2. The summed E-state index contributed by atoms with van der Waals surface area (Å²) in [6.45, 7) is 2.60. The molecule has 1 nitrogen and oxygen atoms in total. The van der Waals surface area contributed by atoms with Crippen LogP contribution in [0.2, 0.25) is 0 Å². The first-order valence-electron chi connectivity index (χ1n) is 8.61. The maximum absolute atomic E-state index is 5.78. The lowest BCUT2D eigenvalue weighted by molar-refractivity contribution is -0.00115. The van der Waals surface area contributed by atoms with Crippen molar-refractivity contribution in [1.29, 1.82) is 0 Å². The third-order valence-electron chi connectivity index (χ3n) is 7.52. The zero-order valence-corrected chi connectivity index (χ0v) is 12.1. The van der Waals surface area contributed by atoms with Gasteiger partial charge in [0.1, 0.15) is 6.10 Å². The third kappa shape index (κ3) is 1.51. The van der Waals surface area contributed by atoms with Crippen LogP contribution in [-0.4, -0.2) is 12.2 Å². The fraction of sp³-hybridized carbons (Fsp3) is 0.889. The first-order chi connectivity index (χ1) is 9.24. The molecule has 5 rings (SSSR count). The molecule has 3 saturated carbocycles. The summed E-state index contributed by atoms with van der Waals surface area (Å²) in [5.74, 6) is 4.04. The van der Waals surface area contributed by atoms with Gasteiger partial charge in [-0.05, 0) is 74.0 Å². The van der Waals surface area contributed by atoms with Crippen LogP contribution in [0.25, 0.3) is 0 Å². The van der Waals surface area contributed by atoms with E-state index in [1.54, 1.807) is 5.57 Å². The molecule has 0 spiro atoms. The quantitative estimate of drug-likeness (QED) is 0.465. The Balaban J connectivity index is 1.47. The van der Waals surface area contributed by atoms with E-state index in [-0.39, 0.29) is 0 Å². The van der Waals surface area contributed by atoms with E-state index >= 15 is 0 Å². The van der Waals surface area contributed by atoms with Gasteiger partial charge in [-0.1, -0.05) is 25.0 Å². The smallest absolute Gasteiger partial charge is 0.103 e. The van der Waals surface area contributed by atoms with Crippen LogP contribution in [0.5, 0.6) is 0 Å². The van der Waals surface area contributed by atoms with Crippen LogP contribution >= 0.6 is 0 Å². The zero-order valence-electron chi connectivity index (χ0n) is 12.1. The summed E-state index contributed by atoms with van der Waals surface area (Å²) in [5.41, 5.74) is 2.51. The highest BCUT2D eigenvalue weighted by molar-refractivity contribution is 5.24. The van der Waals surface area contributed by atoms with Gasteiger partial charge in [-0.2, -0.15) is 0 Å². The molecule has 5 aliphatic rings. The molecule has 0 bridgehead atoms. The minimum Gasteiger partial charge on any atom is -0.365 e. The van der Waals surface area contributed by atoms with Crippen LogP contribution in [0.3, 0.4) is 0 Å². The molecule has 0 aromatic heterocycles. The molecular weight excluding hydrogens is 232 g/mol. The highest BCUT2D eigenvalue weighted by Gasteiger charge is 2.55. The molecule has 4 aliphatic carbocycles. The molecule has 4 fully saturated rings. The number of hydrogen-bond donors (Lipinski definition) is 0. The van der Waals surface area contributed by atoms with Crippen LogP contribution in [0.15, 0.2) is 11.6 Å². The van der Waals surface area contributed by atoms with E-state index in [2.05, 4.69) is 13.0 Å². The van der Waals surface area contributed by atoms with Crippen LogP contribution in [0.4, 0.5) is 0 Å². The highest BCUT2D eigenvalue weighted by atomic mass is 16.6. The van der Waals surface area contributed by atoms with E-state index in [1.165, 1.54) is 51.4 Å². The lowest BCUT2D eigenvalue weighted by Crippen LogP contribution is -2.44. The summed E-state index contributed by atoms with van der Waals surface area (Å²) in [6, 6.07) is 0. The second kappa shape index (κ2) is 3.67. The maximum atomic E-state index is 5.78. The normalized spacial score (nSPS) is 58.5. The number of fused-ring (bicyclic) bond motifs is 6. The van der Waals surface area contributed by atoms with E-state index in [1.807, 2.05) is 0 Å². The molecule has 1 aliphatic heterocycles. The van der Waals surface area contributed by atoms with Crippen molar-refractivity contribution in [3.05, 3.63) is 11.6 Å². The van der Waals surface area contributed by atoms with Crippen molar-refractivity contribution in [1.82, 2.24) is 0 Å². The Kier molecular flexibility index (Phi) is 2.19. The van der Waals surface area contributed by atoms with Gasteiger partial charge in [-0.15, -0.1) is 0 Å². The Hall–Kier alpha value is -0.300. The topological polar surface area (TPSA) is 12.5 Å². The fourth-order valence-corrected chi connectivity index (χ4v) is 6.51. The number of rotatable bonds is 0. The van der Waals surface area contributed by atoms with Gasteiger partial charge in [-0.3, -0.25) is 0 Å². The van der Waals surface area contributed by atoms with Crippen LogP contribution in [-0.2, 0) is 4.74 Å². The Morgan fingerprint density at radius 2 is 2.11 bits per heavy atom. The standard InChI is InChI=1S/C18H26O/c1-18-7-2-3-15(18)13-5-4-11-9-16-17(19-16)10-14(11)12(13)6-8-18/h9,12-17H,2-8,10H2,1H3/t12-,13+,14+,15-,16?,17?,18-/m0/s1. The second-order valence-electron chi connectivity index (χ2n) is 8.28. The highest BCUT2D eigenvalue weighted by Crippen LogP contribution is 2.62. The van der Waals surface area contributed by atoms with Crippen molar-refractivity contribution in [3.63, 3.8) is 0 Å². The summed E-state index contributed by atoms with van der Waals surface area (Å²) >= 11 is 0. The van der Waals surface area contributed by atoms with Crippen LogP contribution in [0.1, 0.15) is 58.3 Å². The molecule has 0 amide bonds. The maximum Gasteiger partial charge on any atom is 0.103 e. The molecule has 0 N–H and O–H groups in total. The second-order valence-corrected chi connectivity index (χ2v) is 8.28. The summed E-state index contributed by atoms with van der Waals surface area (Å²) < 4.78 is 5.78. The largest absolute Gasteiger partial charge is 0.365 e. The molecular formula is C18H26O. The zero-order chi connectivity index (χ0) is 12.6. The monoisotopic (exact) mass is 258 g/mol. The van der Waals surface area contributed by atoms with Gasteiger partial charge >= 0.3 is 0 Å². The molecule has 1 heterocycles. The minimum absolute atomic E-state index is 0.531. The molecule has 104 valence electrons. The Morgan fingerprint density at radius 3 is 3.05 bits per heavy atom. The Bertz CT molecular complexity index is 439. The predicted octanol–water partition coefficient (Wildman–Crippen LogP) is 4.33. The van der Waals surface area contributed by atoms with Gasteiger partial charge in [0.2, 0.25) is 0 Å². The lowest BCUT2D eigenvalue weighted by atomic mass is 9.52. The van der Waals surface area contributed by atoms with Crippen molar-refractivity contribution in [2.45, 2.75) is 70.5 Å². The van der Waals surface area contributed by atoms with Crippen LogP contribution < -0.4 is 0 Å². The molecule has 2 unspecified atom stereocenters. The van der Waals surface area contributed by atoms with Gasteiger partial charge in [0.15, 0.2) is 0 Å². The van der Waals surface area contributed by atoms with E-state index in [0.29, 0.717) is 12.2 Å². The summed E-state index contributed by atoms with van der Waals surface area (Å²) in [7, 11) is 0. The molecule has 0 aromatic rings. The van der Waals surface area contributed by atoms with Gasteiger partial charge in [-0.25, -0.2) is 0 Å². The first kappa shape index (κ1) is 11.4. The van der Waals surface area contributed by atoms with Crippen molar-refractivity contribution < 1.29 is 4.74 Å². The molecule has 0 radical (unpaired) electrons. The van der Waals surface area contributed by atoms with Crippen molar-refractivity contribution >= 4 is 0 Å². The van der Waals surface area contributed by atoms with Gasteiger partial charge in [0.05, 0.1) is 6.10 Å². The average Bonchev–Trinajstić information content (AvgIpc) is 3.05. The van der Waals surface area contributed by atoms with Gasteiger partial charge in [0, 0.05) is 0 Å². The molecule has 7 atom stereocenters. The average molecular weight is 258 g/mol.